The molecule has 0 saturated carbocycles. The SMILES string of the molecule is CCCC[C@H]1NC(=O)C[C@@H](/C=C/CCSC(c2ccccc2)(c2ccccc2)c2ccccc2)OC(=O)C[C@H](O[Si](C)(C)C(C)(C)C)[C@@H](CC(C)C)NC(=O)[C@@H](CSC(c2ccccc2)(c2ccccc2)c2ccccc2)NC1=O. The van der Waals surface area contributed by atoms with E-state index >= 15 is 4.79 Å². The van der Waals surface area contributed by atoms with Gasteiger partial charge < -0.3 is 25.1 Å². The van der Waals surface area contributed by atoms with E-state index in [-0.39, 0.29) is 29.6 Å². The average Bonchev–Trinajstić information content (AvgIpc) is 3.45. The minimum absolute atomic E-state index is 0.0893. The molecule has 9 nitrogen and oxygen atoms in total. The van der Waals surface area contributed by atoms with Crippen LogP contribution in [0.5, 0.6) is 0 Å². The van der Waals surface area contributed by atoms with E-state index in [1.54, 1.807) is 11.8 Å². The highest BCUT2D eigenvalue weighted by molar-refractivity contribution is 8.00. The van der Waals surface area contributed by atoms with E-state index in [4.69, 9.17) is 9.16 Å². The molecule has 6 aromatic carbocycles. The van der Waals surface area contributed by atoms with Crippen molar-refractivity contribution in [1.29, 1.82) is 0 Å². The maximum absolute atomic E-state index is 15.4. The highest BCUT2D eigenvalue weighted by atomic mass is 32.2. The molecule has 0 radical (unpaired) electrons. The largest absolute Gasteiger partial charge is 0.457 e. The molecule has 7 rings (SSSR count). The zero-order chi connectivity index (χ0) is 57.2. The molecule has 1 aliphatic rings. The minimum atomic E-state index is -2.62. The first-order chi connectivity index (χ1) is 38.5. The summed E-state index contributed by atoms with van der Waals surface area (Å²) in [6.45, 7) is 17.0. The van der Waals surface area contributed by atoms with Crippen molar-refractivity contribution in [3.05, 3.63) is 228 Å². The zero-order valence-corrected chi connectivity index (χ0v) is 50.7. The van der Waals surface area contributed by atoms with Crippen LogP contribution < -0.4 is 16.0 Å². The van der Waals surface area contributed by atoms with E-state index < -0.39 is 71.8 Å². The number of benzene rings is 6. The van der Waals surface area contributed by atoms with Crippen LogP contribution in [0.15, 0.2) is 194 Å². The summed E-state index contributed by atoms with van der Waals surface area (Å²) in [4.78, 5) is 59.5. The summed E-state index contributed by atoms with van der Waals surface area (Å²) in [7, 11) is -2.62. The van der Waals surface area contributed by atoms with Crippen molar-refractivity contribution in [3.63, 3.8) is 0 Å². The standard InChI is InChI=1S/C68H83N3O6S2Si/c1-9-10-44-58-64(74)71-60(49-79-68(54-37-23-14-24-38-54,55-39-25-15-26-40-55)56-41-27-16-28-42-56)65(75)70-59(46-50(2)3)61(77-80(7,8)66(4,5)6)48-63(73)76-57(47-62(72)69-58)43-29-30-45-78-67(51-31-17-11-18-32-51,52-33-19-12-20-34-52)53-35-21-13-22-36-53/h11-29,31-43,50,57-61H,9-10,30,44-49H2,1-8H3,(H,69,72)(H,70,75)(H,71,74)/b43-29+/t57-,58-,59-,60-,61+/m1/s1. The number of ether oxygens (including phenoxy) is 1. The van der Waals surface area contributed by atoms with E-state index in [2.05, 4.69) is 173 Å². The second-order valence-electron chi connectivity index (χ2n) is 22.9. The summed E-state index contributed by atoms with van der Waals surface area (Å²) in [6, 6.07) is 59.7. The number of carbonyl (C=O) groups is 4. The molecule has 3 N–H and O–H groups in total. The number of allylic oxidation sites excluding steroid dienone is 1. The van der Waals surface area contributed by atoms with Crippen molar-refractivity contribution in [2.75, 3.05) is 11.5 Å². The average molecular weight is 1130 g/mol. The first-order valence-electron chi connectivity index (χ1n) is 28.5. The van der Waals surface area contributed by atoms with Gasteiger partial charge in [0.05, 0.1) is 34.5 Å². The van der Waals surface area contributed by atoms with E-state index in [9.17, 15) is 14.4 Å². The van der Waals surface area contributed by atoms with Gasteiger partial charge in [-0.2, -0.15) is 0 Å². The van der Waals surface area contributed by atoms with Crippen molar-refractivity contribution in [1.82, 2.24) is 16.0 Å². The Morgan fingerprint density at radius 3 is 1.44 bits per heavy atom. The van der Waals surface area contributed by atoms with Crippen LogP contribution in [0.25, 0.3) is 0 Å². The monoisotopic (exact) mass is 1130 g/mol. The molecule has 1 saturated heterocycles. The Morgan fingerprint density at radius 1 is 0.600 bits per heavy atom. The fourth-order valence-electron chi connectivity index (χ4n) is 10.3. The number of esters is 1. The third-order valence-electron chi connectivity index (χ3n) is 15.4. The summed E-state index contributed by atoms with van der Waals surface area (Å²) < 4.78 is 12.2. The van der Waals surface area contributed by atoms with Crippen molar-refractivity contribution < 1.29 is 28.3 Å². The van der Waals surface area contributed by atoms with E-state index in [1.165, 1.54) is 0 Å². The number of rotatable bonds is 21. The fourth-order valence-corrected chi connectivity index (χ4v) is 14.7. The van der Waals surface area contributed by atoms with Crippen LogP contribution in [0.1, 0.15) is 120 Å². The Kier molecular flexibility index (Phi) is 22.3. The molecule has 0 bridgehead atoms. The van der Waals surface area contributed by atoms with Gasteiger partial charge in [-0.25, -0.2) is 0 Å². The van der Waals surface area contributed by atoms with Crippen LogP contribution in [0.3, 0.4) is 0 Å². The summed E-state index contributed by atoms with van der Waals surface area (Å²) in [5.74, 6) is -0.898. The Hall–Kier alpha value is -6.18. The molecule has 1 aliphatic heterocycles. The minimum Gasteiger partial charge on any atom is -0.457 e. The van der Waals surface area contributed by atoms with Gasteiger partial charge in [-0.05, 0) is 88.5 Å². The third-order valence-corrected chi connectivity index (χ3v) is 23.1. The van der Waals surface area contributed by atoms with Gasteiger partial charge in [0.2, 0.25) is 17.7 Å². The lowest BCUT2D eigenvalue weighted by atomic mass is 9.84. The van der Waals surface area contributed by atoms with E-state index in [1.807, 2.05) is 104 Å². The highest BCUT2D eigenvalue weighted by Crippen LogP contribution is 2.50. The smallest absolute Gasteiger partial charge is 0.309 e. The Bertz CT molecular complexity index is 2710. The number of unbranched alkanes of at least 4 members (excludes halogenated alkanes) is 1. The molecule has 1 fully saturated rings. The van der Waals surface area contributed by atoms with Crippen LogP contribution in [0.4, 0.5) is 0 Å². The molecule has 0 unspecified atom stereocenters. The lowest BCUT2D eigenvalue weighted by molar-refractivity contribution is -0.150. The highest BCUT2D eigenvalue weighted by Gasteiger charge is 2.44. The Labute approximate surface area is 486 Å². The van der Waals surface area contributed by atoms with Gasteiger partial charge in [0, 0.05) is 5.75 Å². The molecule has 422 valence electrons. The summed E-state index contributed by atoms with van der Waals surface area (Å²) >= 11 is 3.41. The van der Waals surface area contributed by atoms with Gasteiger partial charge in [-0.3, -0.25) is 19.2 Å². The van der Waals surface area contributed by atoms with E-state index in [0.717, 1.165) is 39.8 Å². The van der Waals surface area contributed by atoms with Crippen molar-refractivity contribution >= 4 is 55.5 Å². The number of nitrogens with one attached hydrogen (secondary N) is 3. The first kappa shape index (κ1) is 61.4. The van der Waals surface area contributed by atoms with Crippen LogP contribution in [0, 0.1) is 5.92 Å². The Morgan fingerprint density at radius 2 is 1.02 bits per heavy atom. The lowest BCUT2D eigenvalue weighted by Crippen LogP contribution is -2.58. The predicted molar refractivity (Wildman–Crippen MR) is 333 cm³/mol. The van der Waals surface area contributed by atoms with Gasteiger partial charge >= 0.3 is 5.97 Å². The normalized spacial score (nSPS) is 19.3. The van der Waals surface area contributed by atoms with Crippen LogP contribution in [-0.2, 0) is 37.8 Å². The third kappa shape index (κ3) is 15.8. The van der Waals surface area contributed by atoms with Gasteiger partial charge in [-0.15, -0.1) is 23.5 Å². The van der Waals surface area contributed by atoms with Crippen molar-refractivity contribution in [2.45, 2.75) is 144 Å². The van der Waals surface area contributed by atoms with Gasteiger partial charge in [0.15, 0.2) is 8.32 Å². The number of thioether (sulfide) groups is 2. The van der Waals surface area contributed by atoms with E-state index in [0.29, 0.717) is 31.4 Å². The van der Waals surface area contributed by atoms with Crippen LogP contribution in [-0.4, -0.2) is 73.8 Å². The number of carbonyl (C=O) groups excluding carboxylic acids is 4. The van der Waals surface area contributed by atoms with Gasteiger partial charge in [-0.1, -0.05) is 242 Å². The molecule has 0 aliphatic carbocycles. The quantitative estimate of drug-likeness (QED) is 0.0214. The molecule has 0 spiro atoms. The predicted octanol–water partition coefficient (Wildman–Crippen LogP) is 14.2. The number of cyclic esters (lactones) is 1. The molecular formula is C68H83N3O6S2Si. The molecule has 6 aromatic rings. The van der Waals surface area contributed by atoms with Crippen molar-refractivity contribution in [3.8, 4) is 0 Å². The first-order valence-corrected chi connectivity index (χ1v) is 33.4. The Balaban J connectivity index is 1.24. The van der Waals surface area contributed by atoms with Crippen molar-refractivity contribution in [2.24, 2.45) is 5.92 Å². The number of hydrogen-bond acceptors (Lipinski definition) is 8. The summed E-state index contributed by atoms with van der Waals surface area (Å²) in [6.07, 6.45) is 4.58. The maximum atomic E-state index is 15.4. The second kappa shape index (κ2) is 29.0. The molecule has 12 heteroatoms. The van der Waals surface area contributed by atoms with Crippen LogP contribution in [0.2, 0.25) is 18.1 Å². The topological polar surface area (TPSA) is 123 Å². The summed E-state index contributed by atoms with van der Waals surface area (Å²) in [5.41, 5.74) is 6.52. The van der Waals surface area contributed by atoms with Crippen LogP contribution >= 0.6 is 23.5 Å². The lowest BCUT2D eigenvalue weighted by Gasteiger charge is -2.42. The molecule has 3 amide bonds. The number of hydrogen-bond donors (Lipinski definition) is 3. The number of amides is 3. The molecule has 80 heavy (non-hydrogen) atoms. The molecule has 0 aromatic heterocycles. The molecule has 5 atom stereocenters. The molecular weight excluding hydrogens is 1050 g/mol. The van der Waals surface area contributed by atoms with Gasteiger partial charge in [0.25, 0.3) is 0 Å². The molecule has 1 heterocycles. The van der Waals surface area contributed by atoms with Gasteiger partial charge in [0.1, 0.15) is 18.2 Å². The fraction of sp³-hybridized carbons (Fsp3) is 0.382. The second-order valence-corrected chi connectivity index (χ2v) is 30.2. The zero-order valence-electron chi connectivity index (χ0n) is 48.1. The summed E-state index contributed by atoms with van der Waals surface area (Å²) in [5, 5.41) is 9.36. The maximum Gasteiger partial charge on any atom is 0.309 e.